The Morgan fingerprint density at radius 2 is 2.15 bits per heavy atom. The first kappa shape index (κ1) is 12.6. The zero-order valence-electron chi connectivity index (χ0n) is 10.2. The van der Waals surface area contributed by atoms with Crippen LogP contribution < -0.4 is 5.32 Å². The van der Waals surface area contributed by atoms with Gasteiger partial charge in [0, 0.05) is 11.6 Å². The van der Waals surface area contributed by atoms with E-state index in [2.05, 4.69) is 20.4 Å². The van der Waals surface area contributed by atoms with Crippen molar-refractivity contribution in [2.45, 2.75) is 6.42 Å². The fourth-order valence-corrected chi connectivity index (χ4v) is 1.96. The quantitative estimate of drug-likeness (QED) is 0.749. The van der Waals surface area contributed by atoms with Crippen LogP contribution in [0.2, 0.25) is 5.28 Å². The van der Waals surface area contributed by atoms with Gasteiger partial charge in [0.15, 0.2) is 5.58 Å². The largest absolute Gasteiger partial charge is 0.356 e. The number of hydrogen-bond donors (Lipinski definition) is 1. The van der Waals surface area contributed by atoms with Gasteiger partial charge < -0.3 is 9.84 Å². The summed E-state index contributed by atoms with van der Waals surface area (Å²) in [6, 6.07) is 8.93. The van der Waals surface area contributed by atoms with Crippen molar-refractivity contribution < 1.29 is 9.32 Å². The summed E-state index contributed by atoms with van der Waals surface area (Å²) in [5.41, 5.74) is 1.23. The Morgan fingerprint density at radius 1 is 1.30 bits per heavy atom. The topological polar surface area (TPSA) is 80.9 Å². The van der Waals surface area contributed by atoms with E-state index in [0.29, 0.717) is 17.1 Å². The van der Waals surface area contributed by atoms with Gasteiger partial charge in [-0.2, -0.15) is 0 Å². The van der Waals surface area contributed by atoms with Gasteiger partial charge in [0.2, 0.25) is 11.2 Å². The Kier molecular flexibility index (Phi) is 3.30. The summed E-state index contributed by atoms with van der Waals surface area (Å²) < 4.78 is 5.14. The standard InChI is InChI=1S/C13H9ClN4O2/c14-13-15-6-5-11(17-13)16-12(19)7-9-8-3-1-2-4-10(8)20-18-9/h1-6H,7H2,(H,15,16,17,19). The Hall–Kier alpha value is -2.47. The van der Waals surface area contributed by atoms with E-state index in [9.17, 15) is 4.79 Å². The van der Waals surface area contributed by atoms with E-state index in [0.717, 1.165) is 5.39 Å². The number of amides is 1. The van der Waals surface area contributed by atoms with Crippen LogP contribution in [0.25, 0.3) is 11.0 Å². The Labute approximate surface area is 118 Å². The molecule has 2 heterocycles. The molecule has 0 saturated carbocycles. The Balaban J connectivity index is 1.76. The number of anilines is 1. The van der Waals surface area contributed by atoms with E-state index >= 15 is 0 Å². The lowest BCUT2D eigenvalue weighted by Gasteiger charge is -2.02. The van der Waals surface area contributed by atoms with Crippen LogP contribution in [0.1, 0.15) is 5.69 Å². The minimum atomic E-state index is -0.251. The van der Waals surface area contributed by atoms with Gasteiger partial charge in [-0.15, -0.1) is 0 Å². The van der Waals surface area contributed by atoms with Crippen LogP contribution in [0.4, 0.5) is 5.82 Å². The molecule has 0 unspecified atom stereocenters. The zero-order valence-corrected chi connectivity index (χ0v) is 11.0. The maximum absolute atomic E-state index is 11.9. The van der Waals surface area contributed by atoms with Crippen molar-refractivity contribution in [1.29, 1.82) is 0 Å². The van der Waals surface area contributed by atoms with Gasteiger partial charge in [-0.1, -0.05) is 17.3 Å². The van der Waals surface area contributed by atoms with Crippen LogP contribution >= 0.6 is 11.6 Å². The molecule has 0 aliphatic rings. The van der Waals surface area contributed by atoms with Crippen molar-refractivity contribution in [1.82, 2.24) is 15.1 Å². The first-order valence-corrected chi connectivity index (χ1v) is 6.22. The molecule has 0 aliphatic carbocycles. The molecule has 0 radical (unpaired) electrons. The van der Waals surface area contributed by atoms with Crippen LogP contribution in [0, 0.1) is 0 Å². The smallest absolute Gasteiger partial charge is 0.231 e. The van der Waals surface area contributed by atoms with Crippen molar-refractivity contribution in [3.8, 4) is 0 Å². The molecule has 0 saturated heterocycles. The molecule has 1 N–H and O–H groups in total. The molecule has 0 aliphatic heterocycles. The number of carbonyl (C=O) groups excluding carboxylic acids is 1. The lowest BCUT2D eigenvalue weighted by molar-refractivity contribution is -0.115. The molecule has 0 spiro atoms. The summed E-state index contributed by atoms with van der Waals surface area (Å²) in [6.07, 6.45) is 1.56. The van der Waals surface area contributed by atoms with E-state index in [-0.39, 0.29) is 17.6 Å². The van der Waals surface area contributed by atoms with Crippen molar-refractivity contribution in [2.75, 3.05) is 5.32 Å². The number of nitrogens with one attached hydrogen (secondary N) is 1. The predicted molar refractivity (Wildman–Crippen MR) is 73.4 cm³/mol. The van der Waals surface area contributed by atoms with Gasteiger partial charge >= 0.3 is 0 Å². The molecular formula is C13H9ClN4O2. The lowest BCUT2D eigenvalue weighted by atomic mass is 10.1. The highest BCUT2D eigenvalue weighted by molar-refractivity contribution is 6.28. The zero-order chi connectivity index (χ0) is 13.9. The van der Waals surface area contributed by atoms with E-state index in [1.54, 1.807) is 12.1 Å². The maximum Gasteiger partial charge on any atom is 0.231 e. The van der Waals surface area contributed by atoms with Crippen LogP contribution in [-0.2, 0) is 11.2 Å². The molecule has 6 nitrogen and oxygen atoms in total. The molecule has 1 aromatic carbocycles. The van der Waals surface area contributed by atoms with E-state index < -0.39 is 0 Å². The molecule has 0 atom stereocenters. The van der Waals surface area contributed by atoms with E-state index in [4.69, 9.17) is 16.1 Å². The SMILES string of the molecule is O=C(Cc1noc2ccccc12)Nc1ccnc(Cl)n1. The summed E-state index contributed by atoms with van der Waals surface area (Å²) in [7, 11) is 0. The molecule has 20 heavy (non-hydrogen) atoms. The number of carbonyl (C=O) groups is 1. The highest BCUT2D eigenvalue weighted by Crippen LogP contribution is 2.18. The number of aromatic nitrogens is 3. The van der Waals surface area contributed by atoms with Crippen LogP contribution in [-0.4, -0.2) is 21.0 Å². The summed E-state index contributed by atoms with van der Waals surface area (Å²) in [5.74, 6) is 0.0987. The fraction of sp³-hybridized carbons (Fsp3) is 0.0769. The number of fused-ring (bicyclic) bond motifs is 1. The van der Waals surface area contributed by atoms with Crippen molar-refractivity contribution >= 4 is 34.3 Å². The summed E-state index contributed by atoms with van der Waals surface area (Å²) in [5, 5.41) is 7.43. The van der Waals surface area contributed by atoms with Crippen molar-refractivity contribution in [2.24, 2.45) is 0 Å². The highest BCUT2D eigenvalue weighted by atomic mass is 35.5. The Morgan fingerprint density at radius 3 is 3.00 bits per heavy atom. The van der Waals surface area contributed by atoms with E-state index in [1.807, 2.05) is 18.2 Å². The molecule has 100 valence electrons. The predicted octanol–water partition coefficient (Wildman–Crippen LogP) is 2.45. The van der Waals surface area contributed by atoms with Crippen LogP contribution in [0.5, 0.6) is 0 Å². The first-order valence-electron chi connectivity index (χ1n) is 5.84. The summed E-state index contributed by atoms with van der Waals surface area (Å²) >= 11 is 5.65. The normalized spacial score (nSPS) is 10.7. The molecule has 1 amide bonds. The van der Waals surface area contributed by atoms with Crippen molar-refractivity contribution in [3.63, 3.8) is 0 Å². The second-order valence-corrected chi connectivity index (χ2v) is 4.40. The number of para-hydroxylation sites is 1. The minimum Gasteiger partial charge on any atom is -0.356 e. The monoisotopic (exact) mass is 288 g/mol. The number of halogens is 1. The number of hydrogen-bond acceptors (Lipinski definition) is 5. The average Bonchev–Trinajstić information content (AvgIpc) is 2.82. The highest BCUT2D eigenvalue weighted by Gasteiger charge is 2.12. The molecule has 0 bridgehead atoms. The van der Waals surface area contributed by atoms with Gasteiger partial charge in [-0.05, 0) is 29.8 Å². The van der Waals surface area contributed by atoms with Crippen LogP contribution in [0.3, 0.4) is 0 Å². The summed E-state index contributed by atoms with van der Waals surface area (Å²) in [6.45, 7) is 0. The Bertz CT molecular complexity index is 772. The summed E-state index contributed by atoms with van der Waals surface area (Å²) in [4.78, 5) is 19.6. The fourth-order valence-electron chi connectivity index (χ4n) is 1.81. The van der Waals surface area contributed by atoms with Gasteiger partial charge in [-0.3, -0.25) is 4.79 Å². The number of rotatable bonds is 3. The third kappa shape index (κ3) is 2.60. The van der Waals surface area contributed by atoms with Crippen molar-refractivity contribution in [3.05, 3.63) is 47.5 Å². The molecule has 3 rings (SSSR count). The molecule has 2 aromatic heterocycles. The third-order valence-electron chi connectivity index (χ3n) is 2.67. The van der Waals surface area contributed by atoms with Gasteiger partial charge in [-0.25, -0.2) is 9.97 Å². The van der Waals surface area contributed by atoms with Gasteiger partial charge in [0.1, 0.15) is 11.5 Å². The first-order chi connectivity index (χ1) is 9.72. The third-order valence-corrected chi connectivity index (χ3v) is 2.86. The lowest BCUT2D eigenvalue weighted by Crippen LogP contribution is -2.15. The number of benzene rings is 1. The molecular weight excluding hydrogens is 280 g/mol. The van der Waals surface area contributed by atoms with Gasteiger partial charge in [0.05, 0.1) is 6.42 Å². The second kappa shape index (κ2) is 5.26. The molecule has 0 fully saturated rings. The average molecular weight is 289 g/mol. The van der Waals surface area contributed by atoms with E-state index in [1.165, 1.54) is 6.20 Å². The maximum atomic E-state index is 11.9. The molecule has 7 heteroatoms. The molecule has 3 aromatic rings. The van der Waals surface area contributed by atoms with Gasteiger partial charge in [0.25, 0.3) is 0 Å². The minimum absolute atomic E-state index is 0.0784. The number of nitrogens with zero attached hydrogens (tertiary/aromatic N) is 3. The second-order valence-electron chi connectivity index (χ2n) is 4.06. The van der Waals surface area contributed by atoms with Crippen LogP contribution in [0.15, 0.2) is 41.1 Å².